The molecule has 2 unspecified atom stereocenters. The monoisotopic (exact) mass is 822 g/mol. The fraction of sp³-hybridized carbons (Fsp3) is 0.100. The lowest BCUT2D eigenvalue weighted by molar-refractivity contribution is -0.115. The van der Waals surface area contributed by atoms with E-state index < -0.39 is 12.1 Å². The highest BCUT2D eigenvalue weighted by Crippen LogP contribution is 2.47. The molecule has 0 aromatic heterocycles. The number of rotatable bonds is 2. The molecule has 8 heteroatoms. The van der Waals surface area contributed by atoms with Crippen LogP contribution in [0.4, 0.5) is 0 Å². The lowest BCUT2D eigenvalue weighted by Crippen LogP contribution is -2.40. The molecular formula is C20H10I4O4. The number of alkyl halides is 1. The highest BCUT2D eigenvalue weighted by atomic mass is 127. The van der Waals surface area contributed by atoms with E-state index in [9.17, 15) is 14.7 Å². The predicted octanol–water partition coefficient (Wildman–Crippen LogP) is 5.86. The quantitative estimate of drug-likeness (QED) is 0.305. The Kier molecular flexibility index (Phi) is 6.11. The molecule has 2 aromatic carbocycles. The zero-order chi connectivity index (χ0) is 20.2. The molecule has 1 aliphatic carbocycles. The number of benzene rings is 2. The van der Waals surface area contributed by atoms with Gasteiger partial charge in [0, 0.05) is 20.3 Å². The van der Waals surface area contributed by atoms with Gasteiger partial charge in [-0.05, 0) is 97.6 Å². The molecule has 0 spiro atoms. The Morgan fingerprint density at radius 1 is 1.07 bits per heavy atom. The van der Waals surface area contributed by atoms with Gasteiger partial charge in [-0.1, -0.05) is 40.8 Å². The molecule has 1 aliphatic heterocycles. The third kappa shape index (κ3) is 3.55. The summed E-state index contributed by atoms with van der Waals surface area (Å²) in [7, 11) is 0. The fourth-order valence-electron chi connectivity index (χ4n) is 3.39. The van der Waals surface area contributed by atoms with Crippen LogP contribution in [0.25, 0.3) is 5.57 Å². The maximum absolute atomic E-state index is 12.6. The average Bonchev–Trinajstić information content (AvgIpc) is 2.65. The van der Waals surface area contributed by atoms with Crippen molar-refractivity contribution < 1.29 is 19.4 Å². The smallest absolute Gasteiger partial charge is 0.336 e. The number of halogens is 4. The molecule has 28 heavy (non-hydrogen) atoms. The summed E-state index contributed by atoms with van der Waals surface area (Å²) in [5.41, 5.74) is 3.40. The lowest BCUT2D eigenvalue weighted by atomic mass is 9.82. The number of hydrogen-bond donors (Lipinski definition) is 1. The van der Waals surface area contributed by atoms with Gasteiger partial charge in [-0.3, -0.25) is 4.79 Å². The van der Waals surface area contributed by atoms with E-state index in [2.05, 4.69) is 67.8 Å². The fourth-order valence-corrected chi connectivity index (χ4v) is 7.50. The molecule has 0 amide bonds. The summed E-state index contributed by atoms with van der Waals surface area (Å²) >= 11 is 8.65. The Bertz CT molecular complexity index is 1100. The van der Waals surface area contributed by atoms with Crippen molar-refractivity contribution in [2.75, 3.05) is 0 Å². The first-order valence-corrected chi connectivity index (χ1v) is 12.6. The minimum atomic E-state index is -0.981. The summed E-state index contributed by atoms with van der Waals surface area (Å²) in [6.07, 6.45) is 1.39. The van der Waals surface area contributed by atoms with Crippen LogP contribution in [0, 0.1) is 7.14 Å². The summed E-state index contributed by atoms with van der Waals surface area (Å²) in [6.45, 7) is 0. The van der Waals surface area contributed by atoms with Crippen LogP contribution in [-0.4, -0.2) is 26.9 Å². The molecule has 1 N–H and O–H groups in total. The number of ether oxygens (including phenoxy) is 1. The number of Topliss-reactive ketones (excluding diaryl/α,β-unsaturated/α-hetero) is 1. The van der Waals surface area contributed by atoms with Crippen molar-refractivity contribution in [1.82, 2.24) is 0 Å². The van der Waals surface area contributed by atoms with E-state index in [0.717, 1.165) is 23.9 Å². The van der Waals surface area contributed by atoms with Crippen molar-refractivity contribution in [3.63, 3.8) is 0 Å². The van der Waals surface area contributed by atoms with Gasteiger partial charge >= 0.3 is 5.97 Å². The van der Waals surface area contributed by atoms with E-state index in [4.69, 9.17) is 4.74 Å². The van der Waals surface area contributed by atoms with E-state index in [1.54, 1.807) is 12.1 Å². The summed E-state index contributed by atoms with van der Waals surface area (Å²) in [5, 5.41) is 9.77. The Morgan fingerprint density at radius 3 is 2.50 bits per heavy atom. The molecule has 0 saturated carbocycles. The van der Waals surface area contributed by atoms with Crippen molar-refractivity contribution >= 4 is 108 Å². The second kappa shape index (κ2) is 8.13. The summed E-state index contributed by atoms with van der Waals surface area (Å²) in [4.78, 5) is 24.5. The number of carbonyl (C=O) groups excluding carboxylic acids is 1. The van der Waals surface area contributed by atoms with Crippen molar-refractivity contribution in [3.8, 4) is 5.75 Å². The van der Waals surface area contributed by atoms with Crippen LogP contribution in [0.2, 0.25) is 0 Å². The highest BCUT2D eigenvalue weighted by molar-refractivity contribution is 14.1. The van der Waals surface area contributed by atoms with Crippen LogP contribution in [0.1, 0.15) is 21.5 Å². The van der Waals surface area contributed by atoms with Gasteiger partial charge in [-0.2, -0.15) is 0 Å². The second-order valence-corrected chi connectivity index (χ2v) is 11.2. The lowest BCUT2D eigenvalue weighted by Gasteiger charge is -2.36. The molecule has 142 valence electrons. The molecule has 0 saturated heterocycles. The molecule has 0 fully saturated rings. The molecule has 2 aliphatic rings. The maximum Gasteiger partial charge on any atom is 0.336 e. The van der Waals surface area contributed by atoms with Crippen molar-refractivity contribution in [3.05, 3.63) is 75.5 Å². The van der Waals surface area contributed by atoms with Crippen LogP contribution in [0.5, 0.6) is 5.75 Å². The zero-order valence-corrected chi connectivity index (χ0v) is 22.5. The SMILES string of the molecule is O=C(O)c1ccccc1C1=C2C=C(I)C(=O)C(I)C2Oc2c(I)cc(I)cc21. The molecule has 2 aromatic rings. The maximum atomic E-state index is 12.6. The van der Waals surface area contributed by atoms with Crippen LogP contribution < -0.4 is 4.74 Å². The summed E-state index contributed by atoms with van der Waals surface area (Å²) in [5.74, 6) is -0.250. The van der Waals surface area contributed by atoms with Gasteiger partial charge in [0.2, 0.25) is 0 Å². The van der Waals surface area contributed by atoms with Crippen molar-refractivity contribution in [1.29, 1.82) is 0 Å². The number of fused-ring (bicyclic) bond motifs is 2. The van der Waals surface area contributed by atoms with E-state index in [1.807, 2.05) is 52.9 Å². The van der Waals surface area contributed by atoms with E-state index in [-0.39, 0.29) is 15.3 Å². The average molecular weight is 822 g/mol. The molecular weight excluding hydrogens is 812 g/mol. The molecule has 2 atom stereocenters. The van der Waals surface area contributed by atoms with Crippen LogP contribution >= 0.6 is 90.4 Å². The zero-order valence-electron chi connectivity index (χ0n) is 13.9. The third-order valence-electron chi connectivity index (χ3n) is 4.58. The summed E-state index contributed by atoms with van der Waals surface area (Å²) < 4.78 is 8.53. The molecule has 1 heterocycles. The standard InChI is InChI=1S/C20H10I4O4/c21-8-5-11-15(9-3-1-2-4-10(9)20(26)27)12-7-13(22)17(25)16(24)19(12)28-18(11)14(23)6-8/h1-7,16,19H,(H,26,27). The molecule has 4 nitrogen and oxygen atoms in total. The van der Waals surface area contributed by atoms with Gasteiger partial charge in [0.15, 0.2) is 5.78 Å². The number of allylic oxidation sites excluding steroid dienone is 1. The van der Waals surface area contributed by atoms with Gasteiger partial charge < -0.3 is 9.84 Å². The first-order chi connectivity index (χ1) is 13.3. The number of carbonyl (C=O) groups is 2. The minimum absolute atomic E-state index is 0.0322. The van der Waals surface area contributed by atoms with Crippen LogP contribution in [0.3, 0.4) is 0 Å². The van der Waals surface area contributed by atoms with Crippen molar-refractivity contribution in [2.24, 2.45) is 0 Å². The number of aromatic carboxylic acids is 1. The van der Waals surface area contributed by atoms with Gasteiger partial charge in [0.25, 0.3) is 0 Å². The first-order valence-electron chi connectivity index (χ1n) is 8.08. The highest BCUT2D eigenvalue weighted by Gasteiger charge is 2.41. The third-order valence-corrected chi connectivity index (χ3v) is 8.06. The Balaban J connectivity index is 2.13. The number of carboxylic acids is 1. The Hall–Kier alpha value is -0.220. The normalized spacial score (nSPS) is 20.9. The first kappa shape index (κ1) is 21.0. The van der Waals surface area contributed by atoms with Gasteiger partial charge in [-0.15, -0.1) is 0 Å². The van der Waals surface area contributed by atoms with Crippen LogP contribution in [-0.2, 0) is 4.79 Å². The predicted molar refractivity (Wildman–Crippen MR) is 141 cm³/mol. The van der Waals surface area contributed by atoms with E-state index >= 15 is 0 Å². The van der Waals surface area contributed by atoms with E-state index in [0.29, 0.717) is 14.9 Å². The molecule has 0 radical (unpaired) electrons. The number of ketones is 1. The molecule has 4 rings (SSSR count). The topological polar surface area (TPSA) is 63.6 Å². The minimum Gasteiger partial charge on any atom is -0.482 e. The summed E-state index contributed by atoms with van der Waals surface area (Å²) in [6, 6.07) is 11.0. The van der Waals surface area contributed by atoms with E-state index in [1.165, 1.54) is 0 Å². The number of hydrogen-bond acceptors (Lipinski definition) is 3. The van der Waals surface area contributed by atoms with Crippen LogP contribution in [0.15, 0.2) is 51.6 Å². The second-order valence-electron chi connectivity index (χ2n) is 6.24. The van der Waals surface area contributed by atoms with Crippen molar-refractivity contribution in [2.45, 2.75) is 10.0 Å². The Morgan fingerprint density at radius 2 is 1.79 bits per heavy atom. The van der Waals surface area contributed by atoms with Gasteiger partial charge in [-0.25, -0.2) is 4.79 Å². The largest absolute Gasteiger partial charge is 0.482 e. The molecule has 0 bridgehead atoms. The Labute approximate surface area is 215 Å². The number of carboxylic acid groups (broad SMARTS) is 1. The van der Waals surface area contributed by atoms with Gasteiger partial charge in [0.05, 0.1) is 12.7 Å². The van der Waals surface area contributed by atoms with Gasteiger partial charge in [0.1, 0.15) is 15.8 Å².